The molecule has 0 amide bonds. The van der Waals surface area contributed by atoms with Crippen LogP contribution in [-0.2, 0) is 7.05 Å². The van der Waals surface area contributed by atoms with Crippen molar-refractivity contribution < 1.29 is 4.92 Å². The van der Waals surface area contributed by atoms with Crippen molar-refractivity contribution in [2.75, 3.05) is 6.54 Å². The van der Waals surface area contributed by atoms with Gasteiger partial charge in [0.25, 0.3) is 0 Å². The Hall–Kier alpha value is -1.58. The van der Waals surface area contributed by atoms with Gasteiger partial charge in [0, 0.05) is 28.7 Å². The molecule has 0 saturated carbocycles. The third kappa shape index (κ3) is 2.18. The first-order valence-electron chi connectivity index (χ1n) is 4.05. The third-order valence-corrected chi connectivity index (χ3v) is 1.89. The van der Waals surface area contributed by atoms with E-state index in [4.69, 9.17) is 0 Å². The van der Waals surface area contributed by atoms with Gasteiger partial charge < -0.3 is 4.57 Å². The Labute approximate surface area is 75.9 Å². The quantitative estimate of drug-likeness (QED) is 0.470. The van der Waals surface area contributed by atoms with Crippen molar-refractivity contribution in [2.24, 2.45) is 7.05 Å². The number of nitro groups is 1. The van der Waals surface area contributed by atoms with Crippen LogP contribution in [0.4, 0.5) is 0 Å². The number of aromatic nitrogens is 1. The average Bonchev–Trinajstić information content (AvgIpc) is 2.42. The predicted molar refractivity (Wildman–Crippen MR) is 51.1 cm³/mol. The van der Waals surface area contributed by atoms with E-state index in [1.54, 1.807) is 6.08 Å². The average molecular weight is 180 g/mol. The maximum Gasteiger partial charge on any atom is 0.223 e. The lowest BCUT2D eigenvalue weighted by molar-refractivity contribution is -0.464. The maximum atomic E-state index is 10.1. The fraction of sp³-hybridized carbons (Fsp3) is 0.333. The van der Waals surface area contributed by atoms with Gasteiger partial charge in [-0.3, -0.25) is 10.1 Å². The van der Waals surface area contributed by atoms with E-state index in [1.807, 2.05) is 36.9 Å². The van der Waals surface area contributed by atoms with Crippen LogP contribution in [0, 0.1) is 10.1 Å². The Bertz CT molecular complexity index is 417. The van der Waals surface area contributed by atoms with Gasteiger partial charge in [-0.15, -0.1) is 0 Å². The second-order valence-corrected chi connectivity index (χ2v) is 2.78. The summed E-state index contributed by atoms with van der Waals surface area (Å²) >= 11 is 0. The van der Waals surface area contributed by atoms with Crippen molar-refractivity contribution in [3.05, 3.63) is 32.9 Å². The number of aryl methyl sites for hydroxylation is 1. The Kier molecular flexibility index (Phi) is 2.84. The van der Waals surface area contributed by atoms with Crippen LogP contribution in [0.2, 0.25) is 0 Å². The molecule has 0 aliphatic rings. The molecule has 4 nitrogen and oxygen atoms in total. The molecular formula is C9H12N2O2. The highest BCUT2D eigenvalue weighted by atomic mass is 16.6. The summed E-state index contributed by atoms with van der Waals surface area (Å²) < 4.78 is 1.94. The van der Waals surface area contributed by atoms with E-state index in [1.165, 1.54) is 0 Å². The second kappa shape index (κ2) is 3.89. The van der Waals surface area contributed by atoms with E-state index in [2.05, 4.69) is 0 Å². The molecule has 0 bridgehead atoms. The number of hydrogen-bond acceptors (Lipinski definition) is 2. The topological polar surface area (TPSA) is 48.1 Å². The number of nitrogens with zero attached hydrogens (tertiary/aromatic N) is 2. The molecule has 1 aromatic rings. The first kappa shape index (κ1) is 9.51. The molecule has 70 valence electrons. The Balaban J connectivity index is 3.15. The molecule has 13 heavy (non-hydrogen) atoms. The van der Waals surface area contributed by atoms with E-state index < -0.39 is 0 Å². The van der Waals surface area contributed by atoms with Gasteiger partial charge in [0.15, 0.2) is 0 Å². The first-order chi connectivity index (χ1) is 6.15. The Morgan fingerprint density at radius 1 is 1.69 bits per heavy atom. The van der Waals surface area contributed by atoms with Gasteiger partial charge in [0.2, 0.25) is 6.54 Å². The predicted octanol–water partition coefficient (Wildman–Crippen LogP) is -0.117. The lowest BCUT2D eigenvalue weighted by Crippen LogP contribution is -2.27. The highest BCUT2D eigenvalue weighted by Gasteiger charge is 1.93. The molecule has 0 radical (unpaired) electrons. The summed E-state index contributed by atoms with van der Waals surface area (Å²) in [6, 6.07) is 1.87. The van der Waals surface area contributed by atoms with Crippen LogP contribution in [0.1, 0.15) is 6.92 Å². The molecular weight excluding hydrogens is 168 g/mol. The molecule has 0 saturated heterocycles. The van der Waals surface area contributed by atoms with E-state index >= 15 is 0 Å². The van der Waals surface area contributed by atoms with Crippen LogP contribution in [0.25, 0.3) is 12.2 Å². The standard InChI is InChI=1S/C9H12N2O2/c1-3-9-8(4-6-10(9)2)5-7-11(12)13/h3-6H,7H2,1-2H3/b8-5-,9-3+. The molecule has 0 aliphatic heterocycles. The first-order valence-corrected chi connectivity index (χ1v) is 4.05. The molecule has 1 aromatic heterocycles. The molecule has 1 heterocycles. The molecule has 1 rings (SSSR count). The lowest BCUT2D eigenvalue weighted by Gasteiger charge is -1.88. The monoisotopic (exact) mass is 180 g/mol. The summed E-state index contributed by atoms with van der Waals surface area (Å²) in [5.41, 5.74) is 0. The highest BCUT2D eigenvalue weighted by molar-refractivity contribution is 5.28. The van der Waals surface area contributed by atoms with Gasteiger partial charge in [-0.25, -0.2) is 0 Å². The van der Waals surface area contributed by atoms with Gasteiger partial charge >= 0.3 is 0 Å². The normalized spacial score (nSPS) is 13.7. The van der Waals surface area contributed by atoms with Crippen molar-refractivity contribution in [1.82, 2.24) is 4.57 Å². The zero-order valence-corrected chi connectivity index (χ0v) is 7.73. The van der Waals surface area contributed by atoms with Crippen LogP contribution >= 0.6 is 0 Å². The van der Waals surface area contributed by atoms with E-state index in [0.717, 1.165) is 10.6 Å². The summed E-state index contributed by atoms with van der Waals surface area (Å²) in [5, 5.41) is 12.1. The largest absolute Gasteiger partial charge is 0.351 e. The lowest BCUT2D eigenvalue weighted by atomic mass is 10.3. The molecule has 0 aliphatic carbocycles. The fourth-order valence-corrected chi connectivity index (χ4v) is 1.28. The minimum Gasteiger partial charge on any atom is -0.351 e. The van der Waals surface area contributed by atoms with Gasteiger partial charge in [-0.2, -0.15) is 0 Å². The van der Waals surface area contributed by atoms with Crippen LogP contribution in [0.3, 0.4) is 0 Å². The zero-order chi connectivity index (χ0) is 9.84. The number of rotatable bonds is 2. The van der Waals surface area contributed by atoms with E-state index in [-0.39, 0.29) is 11.5 Å². The van der Waals surface area contributed by atoms with Crippen molar-refractivity contribution in [2.45, 2.75) is 6.92 Å². The highest BCUT2D eigenvalue weighted by Crippen LogP contribution is 1.74. The second-order valence-electron chi connectivity index (χ2n) is 2.78. The van der Waals surface area contributed by atoms with Crippen molar-refractivity contribution >= 4 is 12.2 Å². The third-order valence-electron chi connectivity index (χ3n) is 1.89. The fourth-order valence-electron chi connectivity index (χ4n) is 1.28. The van der Waals surface area contributed by atoms with Gasteiger partial charge in [0.1, 0.15) is 0 Å². The van der Waals surface area contributed by atoms with Crippen molar-refractivity contribution in [3.8, 4) is 0 Å². The summed E-state index contributed by atoms with van der Waals surface area (Å²) in [7, 11) is 1.92. The molecule has 0 unspecified atom stereocenters. The van der Waals surface area contributed by atoms with Crippen molar-refractivity contribution in [3.63, 3.8) is 0 Å². The summed E-state index contributed by atoms with van der Waals surface area (Å²) in [5.74, 6) is 0. The number of hydrogen-bond donors (Lipinski definition) is 0. The minimum absolute atomic E-state index is 0.120. The SMILES string of the molecule is C/C=c1\c(=C/C[N+](=O)[O-])ccn1C. The van der Waals surface area contributed by atoms with Crippen molar-refractivity contribution in [1.29, 1.82) is 0 Å². The Morgan fingerprint density at radius 2 is 2.38 bits per heavy atom. The van der Waals surface area contributed by atoms with Gasteiger partial charge in [-0.1, -0.05) is 6.08 Å². The Morgan fingerprint density at radius 3 is 2.92 bits per heavy atom. The zero-order valence-electron chi connectivity index (χ0n) is 7.73. The van der Waals surface area contributed by atoms with Crippen LogP contribution in [-0.4, -0.2) is 16.0 Å². The summed E-state index contributed by atoms with van der Waals surface area (Å²) in [4.78, 5) is 9.80. The smallest absolute Gasteiger partial charge is 0.223 e. The van der Waals surface area contributed by atoms with Crippen LogP contribution in [0.5, 0.6) is 0 Å². The summed E-state index contributed by atoms with van der Waals surface area (Å²) in [6.45, 7) is 1.80. The molecule has 0 spiro atoms. The molecule has 4 heteroatoms. The summed E-state index contributed by atoms with van der Waals surface area (Å²) in [6.07, 6.45) is 5.45. The minimum atomic E-state index is -0.341. The maximum absolute atomic E-state index is 10.1. The van der Waals surface area contributed by atoms with Crippen LogP contribution < -0.4 is 10.6 Å². The van der Waals surface area contributed by atoms with Crippen LogP contribution in [0.15, 0.2) is 12.3 Å². The van der Waals surface area contributed by atoms with Gasteiger partial charge in [0.05, 0.1) is 0 Å². The molecule has 0 N–H and O–H groups in total. The molecule has 0 atom stereocenters. The van der Waals surface area contributed by atoms with Gasteiger partial charge in [-0.05, 0) is 19.1 Å². The molecule has 0 fully saturated rings. The van der Waals surface area contributed by atoms with E-state index in [9.17, 15) is 10.1 Å². The molecule has 0 aromatic carbocycles. The van der Waals surface area contributed by atoms with E-state index in [0.29, 0.717) is 0 Å².